The van der Waals surface area contributed by atoms with Gasteiger partial charge in [-0.25, -0.2) is 4.98 Å². The van der Waals surface area contributed by atoms with E-state index in [9.17, 15) is 0 Å². The summed E-state index contributed by atoms with van der Waals surface area (Å²) in [6.07, 6.45) is 0.393. The molecule has 15 heteroatoms. The summed E-state index contributed by atoms with van der Waals surface area (Å²) < 4.78 is 44.6. The molecule has 2 aromatic heterocycles. The van der Waals surface area contributed by atoms with E-state index in [1.165, 1.54) is 0 Å². The Hall–Kier alpha value is -1.89. The SMILES string of the molecule is CC(C)[Si]1(C(C)C)OC[C@H]2O[C@@H](n3cnc4c(N)nc(OCCc5ccc(Cl)cc5)nc43)[C@H](O[Si](C)(C)C(C)(C)C)[C@@H]2O[Si](C(C)C)(C(C)C)O1. The monoisotopic (exact) mass is 777 g/mol. The van der Waals surface area contributed by atoms with Gasteiger partial charge in [0.15, 0.2) is 31.5 Å². The van der Waals surface area contributed by atoms with Gasteiger partial charge in [-0.05, 0) is 58.0 Å². The van der Waals surface area contributed by atoms with Crippen LogP contribution in [-0.4, -0.2) is 76.5 Å². The number of nitrogens with zero attached hydrogens (tertiary/aromatic N) is 4. The highest BCUT2D eigenvalue weighted by molar-refractivity contribution is 6.84. The van der Waals surface area contributed by atoms with Crippen LogP contribution in [0.5, 0.6) is 6.01 Å². The van der Waals surface area contributed by atoms with Crippen molar-refractivity contribution in [2.45, 2.75) is 147 Å². The Morgan fingerprint density at radius 1 is 0.961 bits per heavy atom. The van der Waals surface area contributed by atoms with Gasteiger partial charge in [-0.1, -0.05) is 99.9 Å². The van der Waals surface area contributed by atoms with E-state index in [-0.39, 0.29) is 39.0 Å². The summed E-state index contributed by atoms with van der Waals surface area (Å²) >= 11 is 6.07. The summed E-state index contributed by atoms with van der Waals surface area (Å²) in [6.45, 7) is 29.8. The second kappa shape index (κ2) is 15.1. The maximum absolute atomic E-state index is 7.56. The molecule has 4 heterocycles. The lowest BCUT2D eigenvalue weighted by Gasteiger charge is -2.52. The summed E-state index contributed by atoms with van der Waals surface area (Å²) in [4.78, 5) is 13.9. The first kappa shape index (κ1) is 40.3. The number of fused-ring (bicyclic) bond motifs is 2. The molecule has 2 fully saturated rings. The molecule has 2 saturated heterocycles. The van der Waals surface area contributed by atoms with Crippen molar-refractivity contribution in [1.82, 2.24) is 19.5 Å². The minimum Gasteiger partial charge on any atom is -0.463 e. The Kier molecular flexibility index (Phi) is 11.9. The van der Waals surface area contributed by atoms with Crippen LogP contribution in [0.4, 0.5) is 5.82 Å². The number of halogens is 1. The third-order valence-corrected chi connectivity index (χ3v) is 26.1. The van der Waals surface area contributed by atoms with Crippen molar-refractivity contribution in [1.29, 1.82) is 0 Å². The van der Waals surface area contributed by atoms with Crippen LogP contribution in [-0.2, 0) is 28.6 Å². The van der Waals surface area contributed by atoms with Crippen molar-refractivity contribution >= 4 is 54.0 Å². The molecule has 5 rings (SSSR count). The maximum atomic E-state index is 7.56. The van der Waals surface area contributed by atoms with Gasteiger partial charge in [0.2, 0.25) is 0 Å². The molecular weight excluding hydrogens is 718 g/mol. The molecule has 284 valence electrons. The van der Waals surface area contributed by atoms with Gasteiger partial charge in [0.1, 0.15) is 18.3 Å². The summed E-state index contributed by atoms with van der Waals surface area (Å²) in [5, 5.41) is 0.624. The number of hydrogen-bond donors (Lipinski definition) is 1. The molecule has 2 aliphatic rings. The fourth-order valence-corrected chi connectivity index (χ4v) is 19.7. The minimum absolute atomic E-state index is 0.0685. The molecule has 51 heavy (non-hydrogen) atoms. The number of nitrogen functional groups attached to an aromatic ring is 1. The first-order valence-corrected chi connectivity index (χ1v) is 25.7. The van der Waals surface area contributed by atoms with E-state index < -0.39 is 50.0 Å². The Morgan fingerprint density at radius 3 is 2.14 bits per heavy atom. The zero-order valence-electron chi connectivity index (χ0n) is 32.8. The predicted octanol–water partition coefficient (Wildman–Crippen LogP) is 8.93. The smallest absolute Gasteiger partial charge is 0.335 e. The Bertz CT molecular complexity index is 1630. The number of nitrogens with two attached hydrogens (primary N) is 1. The Balaban J connectivity index is 1.58. The van der Waals surface area contributed by atoms with Crippen molar-refractivity contribution in [3.63, 3.8) is 0 Å². The molecule has 11 nitrogen and oxygen atoms in total. The van der Waals surface area contributed by atoms with Crippen molar-refractivity contribution in [3.05, 3.63) is 41.2 Å². The summed E-state index contributed by atoms with van der Waals surface area (Å²) in [5.74, 6) is 0.231. The summed E-state index contributed by atoms with van der Waals surface area (Å²) in [7, 11) is -8.13. The molecule has 2 aliphatic heterocycles. The highest BCUT2D eigenvalue weighted by Gasteiger charge is 2.63. The van der Waals surface area contributed by atoms with Gasteiger partial charge in [-0.2, -0.15) is 9.97 Å². The number of hydrogen-bond acceptors (Lipinski definition) is 10. The number of benzene rings is 1. The van der Waals surface area contributed by atoms with Gasteiger partial charge in [0, 0.05) is 11.4 Å². The second-order valence-electron chi connectivity index (χ2n) is 16.9. The average molecular weight is 779 g/mol. The van der Waals surface area contributed by atoms with E-state index in [1.54, 1.807) is 6.33 Å². The van der Waals surface area contributed by atoms with E-state index >= 15 is 0 Å². The molecule has 0 radical (unpaired) electrons. The number of ether oxygens (including phenoxy) is 2. The zero-order chi connectivity index (χ0) is 37.7. The number of aromatic nitrogens is 4. The van der Waals surface area contributed by atoms with Crippen molar-refractivity contribution < 1.29 is 26.9 Å². The molecule has 0 amide bonds. The van der Waals surface area contributed by atoms with E-state index in [0.29, 0.717) is 35.8 Å². The Labute approximate surface area is 312 Å². The predicted molar refractivity (Wildman–Crippen MR) is 210 cm³/mol. The lowest BCUT2D eigenvalue weighted by molar-refractivity contribution is -0.0565. The van der Waals surface area contributed by atoms with Crippen LogP contribution >= 0.6 is 11.6 Å². The summed E-state index contributed by atoms with van der Waals surface area (Å²) in [6, 6.07) is 7.86. The van der Waals surface area contributed by atoms with Gasteiger partial charge >= 0.3 is 23.1 Å². The van der Waals surface area contributed by atoms with Gasteiger partial charge < -0.3 is 32.6 Å². The van der Waals surface area contributed by atoms with Crippen LogP contribution in [0, 0.1) is 0 Å². The largest absolute Gasteiger partial charge is 0.463 e. The van der Waals surface area contributed by atoms with Gasteiger partial charge in [0.25, 0.3) is 0 Å². The third-order valence-electron chi connectivity index (χ3n) is 11.1. The third kappa shape index (κ3) is 7.86. The van der Waals surface area contributed by atoms with Crippen molar-refractivity contribution in [3.8, 4) is 6.01 Å². The topological polar surface area (TPSA) is 125 Å². The van der Waals surface area contributed by atoms with Gasteiger partial charge in [-0.15, -0.1) is 0 Å². The minimum atomic E-state index is -2.97. The highest BCUT2D eigenvalue weighted by atomic mass is 35.5. The lowest BCUT2D eigenvalue weighted by Crippen LogP contribution is -2.66. The zero-order valence-corrected chi connectivity index (χ0v) is 36.6. The van der Waals surface area contributed by atoms with Crippen molar-refractivity contribution in [2.75, 3.05) is 18.9 Å². The molecule has 0 saturated carbocycles. The van der Waals surface area contributed by atoms with E-state index in [2.05, 4.69) is 99.2 Å². The quantitative estimate of drug-likeness (QED) is 0.189. The highest BCUT2D eigenvalue weighted by Crippen LogP contribution is 2.50. The van der Waals surface area contributed by atoms with Gasteiger partial charge in [-0.3, -0.25) is 4.57 Å². The molecule has 0 spiro atoms. The van der Waals surface area contributed by atoms with E-state index in [0.717, 1.165) is 5.56 Å². The molecule has 4 atom stereocenters. The van der Waals surface area contributed by atoms with Crippen LogP contribution in [0.1, 0.15) is 88.0 Å². The fourth-order valence-electron chi connectivity index (χ4n) is 7.07. The molecule has 0 unspecified atom stereocenters. The van der Waals surface area contributed by atoms with E-state index in [1.807, 2.05) is 28.8 Å². The van der Waals surface area contributed by atoms with Crippen LogP contribution in [0.2, 0.25) is 45.3 Å². The second-order valence-corrected chi connectivity index (χ2v) is 30.9. The average Bonchev–Trinajstić information content (AvgIpc) is 3.58. The molecule has 1 aromatic carbocycles. The Morgan fingerprint density at radius 2 is 1.57 bits per heavy atom. The van der Waals surface area contributed by atoms with Crippen LogP contribution in [0.3, 0.4) is 0 Å². The van der Waals surface area contributed by atoms with Crippen LogP contribution in [0.25, 0.3) is 11.2 Å². The van der Waals surface area contributed by atoms with Gasteiger partial charge in [0.05, 0.1) is 19.5 Å². The number of imidazole rings is 1. The van der Waals surface area contributed by atoms with E-state index in [4.69, 9.17) is 49.2 Å². The molecule has 3 aromatic rings. The number of anilines is 1. The molecular formula is C36H60ClN5O6Si3. The maximum Gasteiger partial charge on any atom is 0.335 e. The molecule has 2 N–H and O–H groups in total. The number of rotatable bonds is 11. The van der Waals surface area contributed by atoms with Crippen LogP contribution < -0.4 is 10.5 Å². The molecule has 0 aliphatic carbocycles. The summed E-state index contributed by atoms with van der Waals surface area (Å²) in [5.41, 5.74) is 9.29. The first-order chi connectivity index (χ1) is 23.7. The van der Waals surface area contributed by atoms with Crippen molar-refractivity contribution in [2.24, 2.45) is 0 Å². The normalized spacial score (nSPS) is 24.0. The lowest BCUT2D eigenvalue weighted by atomic mass is 10.1. The standard InChI is InChI=1S/C36H60ClN5O6Si3/c1-22(2)50(23(3)4)44-20-28-30(47-51(48-50,24(5)6)25(7)8)31(46-49(12,13)36(9,10)11)34(45-28)42-21-39-29-32(38)40-35(41-33(29)42)43-19-18-26-14-16-27(37)17-15-26/h14-17,21-25,28,30-31,34H,18-20H2,1-13H3,(H2,38,40,41)/t28-,30-,31-,34-/m1/s1. The fraction of sp³-hybridized carbons (Fsp3) is 0.694. The molecule has 0 bridgehead atoms. The first-order valence-electron chi connectivity index (χ1n) is 18.4. The van der Waals surface area contributed by atoms with Crippen LogP contribution in [0.15, 0.2) is 30.6 Å².